The van der Waals surface area contributed by atoms with E-state index in [1.54, 1.807) is 0 Å². The van der Waals surface area contributed by atoms with Crippen molar-refractivity contribution < 1.29 is 17.9 Å². The van der Waals surface area contributed by atoms with Crippen LogP contribution in [-0.4, -0.2) is 22.8 Å². The van der Waals surface area contributed by atoms with E-state index in [-0.39, 0.29) is 16.9 Å². The summed E-state index contributed by atoms with van der Waals surface area (Å²) < 4.78 is 45.4. The maximum absolute atomic E-state index is 13.0. The quantitative estimate of drug-likeness (QED) is 0.807. The van der Waals surface area contributed by atoms with Crippen molar-refractivity contribution in [2.45, 2.75) is 18.6 Å². The average molecular weight is 284 g/mol. The third-order valence-corrected chi connectivity index (χ3v) is 3.42. The first kappa shape index (κ1) is 13.1. The fraction of sp³-hybridized carbons (Fsp3) is 0.385. The van der Waals surface area contributed by atoms with Crippen molar-refractivity contribution in [1.29, 1.82) is 0 Å². The van der Waals surface area contributed by atoms with Gasteiger partial charge in [-0.15, -0.1) is 0 Å². The SMILES string of the molecule is O=c1c2c(C(F)(F)F)cccc2ncn1[C@@H]1CCOC1. The van der Waals surface area contributed by atoms with E-state index in [4.69, 9.17) is 4.74 Å². The number of hydrogen-bond donors (Lipinski definition) is 0. The molecule has 1 aromatic heterocycles. The molecule has 1 fully saturated rings. The molecule has 0 bridgehead atoms. The number of nitrogens with zero attached hydrogens (tertiary/aromatic N) is 2. The Labute approximate surface area is 111 Å². The summed E-state index contributed by atoms with van der Waals surface area (Å²) in [6.45, 7) is 0.817. The molecule has 0 aliphatic carbocycles. The first-order valence-corrected chi connectivity index (χ1v) is 6.13. The fourth-order valence-electron chi connectivity index (χ4n) is 2.42. The van der Waals surface area contributed by atoms with Crippen molar-refractivity contribution in [1.82, 2.24) is 9.55 Å². The Morgan fingerprint density at radius 3 is 2.80 bits per heavy atom. The summed E-state index contributed by atoms with van der Waals surface area (Å²) in [4.78, 5) is 16.3. The van der Waals surface area contributed by atoms with Crippen molar-refractivity contribution in [3.8, 4) is 0 Å². The van der Waals surface area contributed by atoms with Crippen LogP contribution < -0.4 is 5.56 Å². The molecule has 1 aliphatic heterocycles. The highest BCUT2D eigenvalue weighted by atomic mass is 19.4. The molecule has 20 heavy (non-hydrogen) atoms. The van der Waals surface area contributed by atoms with E-state index >= 15 is 0 Å². The lowest BCUT2D eigenvalue weighted by Gasteiger charge is -2.14. The molecule has 1 saturated heterocycles. The van der Waals surface area contributed by atoms with Crippen LogP contribution in [0.15, 0.2) is 29.3 Å². The molecule has 3 rings (SSSR count). The van der Waals surface area contributed by atoms with Crippen LogP contribution in [-0.2, 0) is 10.9 Å². The lowest BCUT2D eigenvalue weighted by molar-refractivity contribution is -0.136. The first-order valence-electron chi connectivity index (χ1n) is 6.13. The van der Waals surface area contributed by atoms with Crippen LogP contribution in [0.1, 0.15) is 18.0 Å². The minimum absolute atomic E-state index is 0.0555. The number of ether oxygens (including phenoxy) is 1. The number of fused-ring (bicyclic) bond motifs is 1. The summed E-state index contributed by atoms with van der Waals surface area (Å²) in [6.07, 6.45) is -2.68. The molecule has 2 aromatic rings. The average Bonchev–Trinajstić information content (AvgIpc) is 2.91. The van der Waals surface area contributed by atoms with Gasteiger partial charge in [-0.3, -0.25) is 9.36 Å². The zero-order valence-electron chi connectivity index (χ0n) is 10.4. The zero-order chi connectivity index (χ0) is 14.3. The minimum Gasteiger partial charge on any atom is -0.379 e. The summed E-state index contributed by atoms with van der Waals surface area (Å²) in [7, 11) is 0. The smallest absolute Gasteiger partial charge is 0.379 e. The van der Waals surface area contributed by atoms with Crippen molar-refractivity contribution in [3.05, 3.63) is 40.4 Å². The van der Waals surface area contributed by atoms with Gasteiger partial charge in [-0.05, 0) is 18.6 Å². The molecule has 0 spiro atoms. The lowest BCUT2D eigenvalue weighted by atomic mass is 10.1. The van der Waals surface area contributed by atoms with E-state index < -0.39 is 17.3 Å². The van der Waals surface area contributed by atoms with Gasteiger partial charge in [0.15, 0.2) is 0 Å². The van der Waals surface area contributed by atoms with E-state index in [1.165, 1.54) is 23.0 Å². The molecule has 106 valence electrons. The number of rotatable bonds is 1. The van der Waals surface area contributed by atoms with Crippen LogP contribution in [0.4, 0.5) is 13.2 Å². The molecule has 0 unspecified atom stereocenters. The predicted octanol–water partition coefficient (Wildman–Crippen LogP) is 2.38. The van der Waals surface area contributed by atoms with Crippen LogP contribution in [0.25, 0.3) is 10.9 Å². The standard InChI is InChI=1S/C13H11F3N2O2/c14-13(15,16)9-2-1-3-10-11(9)12(19)18(7-17-10)8-4-5-20-6-8/h1-3,7-8H,4-6H2/t8-/m1/s1. The Morgan fingerprint density at radius 2 is 2.15 bits per heavy atom. The summed E-state index contributed by atoms with van der Waals surface area (Å²) >= 11 is 0. The molecular weight excluding hydrogens is 273 g/mol. The van der Waals surface area contributed by atoms with Crippen molar-refractivity contribution in [2.24, 2.45) is 0 Å². The monoisotopic (exact) mass is 284 g/mol. The van der Waals surface area contributed by atoms with E-state index in [0.29, 0.717) is 19.6 Å². The molecular formula is C13H11F3N2O2. The number of halogens is 3. The Balaban J connectivity index is 2.28. The zero-order valence-corrected chi connectivity index (χ0v) is 10.4. The fourth-order valence-corrected chi connectivity index (χ4v) is 2.42. The summed E-state index contributed by atoms with van der Waals surface area (Å²) in [5.41, 5.74) is -1.56. The molecule has 0 radical (unpaired) electrons. The van der Waals surface area contributed by atoms with Gasteiger partial charge in [-0.25, -0.2) is 4.98 Å². The van der Waals surface area contributed by atoms with Gasteiger partial charge in [0.05, 0.1) is 35.4 Å². The van der Waals surface area contributed by atoms with E-state index in [1.807, 2.05) is 0 Å². The Kier molecular flexibility index (Phi) is 3.01. The summed E-state index contributed by atoms with van der Waals surface area (Å²) in [5, 5.41) is -0.380. The second-order valence-electron chi connectivity index (χ2n) is 4.67. The summed E-state index contributed by atoms with van der Waals surface area (Å²) in [6, 6.07) is 3.31. The molecule has 0 amide bonds. The molecule has 7 heteroatoms. The van der Waals surface area contributed by atoms with Gasteiger partial charge in [-0.2, -0.15) is 13.2 Å². The van der Waals surface area contributed by atoms with Crippen LogP contribution in [0.3, 0.4) is 0 Å². The van der Waals surface area contributed by atoms with E-state index in [9.17, 15) is 18.0 Å². The van der Waals surface area contributed by atoms with Crippen LogP contribution >= 0.6 is 0 Å². The Morgan fingerprint density at radius 1 is 1.35 bits per heavy atom. The highest BCUT2D eigenvalue weighted by Gasteiger charge is 2.34. The van der Waals surface area contributed by atoms with Gasteiger partial charge in [0.1, 0.15) is 0 Å². The maximum Gasteiger partial charge on any atom is 0.417 e. The third-order valence-electron chi connectivity index (χ3n) is 3.42. The minimum atomic E-state index is -4.58. The normalized spacial score (nSPS) is 19.6. The highest BCUT2D eigenvalue weighted by Crippen LogP contribution is 2.33. The number of alkyl halides is 3. The molecule has 4 nitrogen and oxygen atoms in total. The molecule has 0 saturated carbocycles. The molecule has 1 atom stereocenters. The Hall–Kier alpha value is -1.89. The van der Waals surface area contributed by atoms with Crippen molar-refractivity contribution in [2.75, 3.05) is 13.2 Å². The van der Waals surface area contributed by atoms with Crippen molar-refractivity contribution >= 4 is 10.9 Å². The van der Waals surface area contributed by atoms with Crippen LogP contribution in [0, 0.1) is 0 Å². The highest BCUT2D eigenvalue weighted by molar-refractivity contribution is 5.81. The summed E-state index contributed by atoms with van der Waals surface area (Å²) in [5.74, 6) is 0. The molecule has 2 heterocycles. The molecule has 1 aliphatic rings. The number of hydrogen-bond acceptors (Lipinski definition) is 3. The maximum atomic E-state index is 13.0. The van der Waals surface area contributed by atoms with Gasteiger partial charge >= 0.3 is 6.18 Å². The lowest BCUT2D eigenvalue weighted by Crippen LogP contribution is -2.27. The van der Waals surface area contributed by atoms with Crippen molar-refractivity contribution in [3.63, 3.8) is 0 Å². The Bertz CT molecular complexity index is 703. The topological polar surface area (TPSA) is 44.1 Å². The largest absolute Gasteiger partial charge is 0.417 e. The van der Waals surface area contributed by atoms with Crippen LogP contribution in [0.5, 0.6) is 0 Å². The predicted molar refractivity (Wildman–Crippen MR) is 65.5 cm³/mol. The third kappa shape index (κ3) is 2.07. The molecule has 0 N–H and O–H groups in total. The second kappa shape index (κ2) is 4.59. The van der Waals surface area contributed by atoms with E-state index in [2.05, 4.69) is 4.98 Å². The number of aromatic nitrogens is 2. The van der Waals surface area contributed by atoms with Gasteiger partial charge in [0.25, 0.3) is 5.56 Å². The van der Waals surface area contributed by atoms with Crippen LogP contribution in [0.2, 0.25) is 0 Å². The first-order chi connectivity index (χ1) is 9.48. The number of benzene rings is 1. The molecule has 1 aromatic carbocycles. The van der Waals surface area contributed by atoms with Gasteiger partial charge in [0.2, 0.25) is 0 Å². The van der Waals surface area contributed by atoms with E-state index in [0.717, 1.165) is 6.07 Å². The van der Waals surface area contributed by atoms with Gasteiger partial charge in [0, 0.05) is 6.61 Å². The van der Waals surface area contributed by atoms with Gasteiger partial charge < -0.3 is 4.74 Å². The second-order valence-corrected chi connectivity index (χ2v) is 4.67. The van der Waals surface area contributed by atoms with Gasteiger partial charge in [-0.1, -0.05) is 6.07 Å².